The average molecular weight is 403 g/mol. The number of nitrogens with one attached hydrogen (secondary N) is 2. The highest BCUT2D eigenvalue weighted by molar-refractivity contribution is 6.10. The van der Waals surface area contributed by atoms with Gasteiger partial charge in [-0.1, -0.05) is 24.3 Å². The van der Waals surface area contributed by atoms with E-state index in [2.05, 4.69) is 15.4 Å². The van der Waals surface area contributed by atoms with Crippen molar-refractivity contribution in [2.45, 2.75) is 26.0 Å². The number of aryl methyl sites for hydroxylation is 1. The van der Waals surface area contributed by atoms with E-state index in [1.165, 1.54) is 31.2 Å². The van der Waals surface area contributed by atoms with Crippen LogP contribution in [-0.2, 0) is 15.1 Å². The van der Waals surface area contributed by atoms with Crippen molar-refractivity contribution in [3.63, 3.8) is 0 Å². The second kappa shape index (κ2) is 7.86. The van der Waals surface area contributed by atoms with E-state index >= 15 is 0 Å². The molecule has 1 fully saturated rings. The molecule has 0 aromatic heterocycles. The molecule has 1 atom stereocenters. The number of hydrogen-bond donors (Lipinski definition) is 2. The van der Waals surface area contributed by atoms with Crippen LogP contribution in [0.3, 0.4) is 0 Å². The van der Waals surface area contributed by atoms with Crippen LogP contribution >= 0.6 is 0 Å². The summed E-state index contributed by atoms with van der Waals surface area (Å²) in [5.41, 5.74) is 0.451. The molecule has 0 bridgehead atoms. The van der Waals surface area contributed by atoms with Crippen LogP contribution in [0.5, 0.6) is 5.75 Å². The molecule has 0 saturated carbocycles. The smallest absolute Gasteiger partial charge is 0.387 e. The maximum Gasteiger partial charge on any atom is 0.387 e. The monoisotopic (exact) mass is 403 g/mol. The van der Waals surface area contributed by atoms with Gasteiger partial charge in [0, 0.05) is 5.69 Å². The van der Waals surface area contributed by atoms with Crippen LogP contribution in [0.2, 0.25) is 0 Å². The minimum absolute atomic E-state index is 0.0708. The normalized spacial score (nSPS) is 18.7. The Bertz CT molecular complexity index is 949. The van der Waals surface area contributed by atoms with E-state index in [0.717, 1.165) is 10.5 Å². The molecule has 0 spiro atoms. The fourth-order valence-electron chi connectivity index (χ4n) is 3.07. The summed E-state index contributed by atoms with van der Waals surface area (Å²) in [5, 5.41) is 5.20. The standard InChI is InChI=1S/C20H19F2N3O4/c1-12-4-3-5-14(10-12)23-16(26)11-25-17(27)20(2,24-19(25)28)13-6-8-15(9-7-13)29-18(21)22/h3-10,18H,11H2,1-2H3,(H,23,26)(H,24,28)/t20-/m0/s1. The molecule has 0 unspecified atom stereocenters. The lowest BCUT2D eigenvalue weighted by Gasteiger charge is -2.22. The first-order valence-corrected chi connectivity index (χ1v) is 8.75. The van der Waals surface area contributed by atoms with Crippen LogP contribution in [0.4, 0.5) is 19.3 Å². The minimum Gasteiger partial charge on any atom is -0.435 e. The molecule has 2 aromatic rings. The number of nitrogens with zero attached hydrogens (tertiary/aromatic N) is 1. The number of rotatable bonds is 6. The summed E-state index contributed by atoms with van der Waals surface area (Å²) in [6.07, 6.45) is 0. The first-order chi connectivity index (χ1) is 13.7. The van der Waals surface area contributed by atoms with Gasteiger partial charge in [-0.25, -0.2) is 4.79 Å². The molecule has 2 aromatic carbocycles. The third kappa shape index (κ3) is 4.34. The predicted octanol–water partition coefficient (Wildman–Crippen LogP) is 3.00. The largest absolute Gasteiger partial charge is 0.435 e. The highest BCUT2D eigenvalue weighted by Crippen LogP contribution is 2.30. The van der Waals surface area contributed by atoms with Crippen molar-refractivity contribution < 1.29 is 27.9 Å². The Kier molecular flexibility index (Phi) is 5.49. The number of imide groups is 1. The number of urea groups is 1. The minimum atomic E-state index is -2.97. The van der Waals surface area contributed by atoms with Crippen LogP contribution in [0.1, 0.15) is 18.1 Å². The van der Waals surface area contributed by atoms with E-state index in [-0.39, 0.29) is 5.75 Å². The van der Waals surface area contributed by atoms with Crippen LogP contribution in [0, 0.1) is 6.92 Å². The Hall–Kier alpha value is -3.49. The van der Waals surface area contributed by atoms with Gasteiger partial charge in [-0.05, 0) is 49.2 Å². The topological polar surface area (TPSA) is 87.7 Å². The number of halogens is 2. The predicted molar refractivity (Wildman–Crippen MR) is 100 cm³/mol. The van der Waals surface area contributed by atoms with E-state index in [1.54, 1.807) is 18.2 Å². The van der Waals surface area contributed by atoms with Crippen molar-refractivity contribution in [1.82, 2.24) is 10.2 Å². The van der Waals surface area contributed by atoms with Gasteiger partial charge >= 0.3 is 12.6 Å². The van der Waals surface area contributed by atoms with Crippen molar-refractivity contribution >= 4 is 23.5 Å². The molecule has 1 heterocycles. The van der Waals surface area contributed by atoms with Gasteiger partial charge in [0.2, 0.25) is 5.91 Å². The second-order valence-electron chi connectivity index (χ2n) is 6.77. The zero-order chi connectivity index (χ0) is 21.2. The Morgan fingerprint density at radius 2 is 1.90 bits per heavy atom. The van der Waals surface area contributed by atoms with Crippen LogP contribution in [-0.4, -0.2) is 35.9 Å². The zero-order valence-electron chi connectivity index (χ0n) is 15.7. The molecule has 4 amide bonds. The second-order valence-corrected chi connectivity index (χ2v) is 6.77. The molecule has 1 aliphatic rings. The van der Waals surface area contributed by atoms with Gasteiger partial charge in [-0.3, -0.25) is 14.5 Å². The fraction of sp³-hybridized carbons (Fsp3) is 0.250. The van der Waals surface area contributed by atoms with Gasteiger partial charge in [0.25, 0.3) is 5.91 Å². The Balaban J connectivity index is 1.72. The summed E-state index contributed by atoms with van der Waals surface area (Å²) in [7, 11) is 0. The Morgan fingerprint density at radius 1 is 1.21 bits per heavy atom. The summed E-state index contributed by atoms with van der Waals surface area (Å²) in [5.74, 6) is -1.22. The first-order valence-electron chi connectivity index (χ1n) is 8.75. The highest BCUT2D eigenvalue weighted by Gasteiger charge is 2.49. The summed E-state index contributed by atoms with van der Waals surface area (Å²) in [6.45, 7) is -0.0716. The average Bonchev–Trinajstić information content (AvgIpc) is 2.86. The third-order valence-electron chi connectivity index (χ3n) is 4.54. The van der Waals surface area contributed by atoms with Crippen molar-refractivity contribution in [1.29, 1.82) is 0 Å². The van der Waals surface area contributed by atoms with Gasteiger partial charge in [0.05, 0.1) is 0 Å². The fourth-order valence-corrected chi connectivity index (χ4v) is 3.07. The summed E-state index contributed by atoms with van der Waals surface area (Å²) in [6, 6.07) is 11.8. The highest BCUT2D eigenvalue weighted by atomic mass is 19.3. The Labute approximate surface area is 165 Å². The number of alkyl halides is 2. The lowest BCUT2D eigenvalue weighted by molar-refractivity contribution is -0.133. The van der Waals surface area contributed by atoms with Crippen molar-refractivity contribution in [2.75, 3.05) is 11.9 Å². The lowest BCUT2D eigenvalue weighted by atomic mass is 9.92. The van der Waals surface area contributed by atoms with Crippen LogP contribution < -0.4 is 15.4 Å². The molecule has 0 aliphatic carbocycles. The first kappa shape index (κ1) is 20.2. The number of amides is 4. The summed E-state index contributed by atoms with van der Waals surface area (Å²) >= 11 is 0. The molecule has 0 radical (unpaired) electrons. The van der Waals surface area contributed by atoms with Gasteiger partial charge in [0.1, 0.15) is 17.8 Å². The van der Waals surface area contributed by atoms with Gasteiger partial charge in [-0.15, -0.1) is 0 Å². The van der Waals surface area contributed by atoms with Gasteiger partial charge < -0.3 is 15.4 Å². The maximum absolute atomic E-state index is 12.9. The number of benzene rings is 2. The molecule has 1 aliphatic heterocycles. The lowest BCUT2D eigenvalue weighted by Crippen LogP contribution is -2.42. The van der Waals surface area contributed by atoms with Crippen LogP contribution in [0.15, 0.2) is 48.5 Å². The molecule has 1 saturated heterocycles. The van der Waals surface area contributed by atoms with Gasteiger partial charge in [0.15, 0.2) is 0 Å². The number of carbonyl (C=O) groups is 3. The molecule has 29 heavy (non-hydrogen) atoms. The van der Waals surface area contributed by atoms with Crippen LogP contribution in [0.25, 0.3) is 0 Å². The molecular formula is C20H19F2N3O4. The molecule has 152 valence electrons. The number of carbonyl (C=O) groups excluding carboxylic acids is 3. The van der Waals surface area contributed by atoms with Crippen molar-refractivity contribution in [3.05, 3.63) is 59.7 Å². The number of anilines is 1. The molecule has 7 nitrogen and oxygen atoms in total. The quantitative estimate of drug-likeness (QED) is 0.726. The van der Waals surface area contributed by atoms with E-state index in [1.807, 2.05) is 13.0 Å². The maximum atomic E-state index is 12.9. The molecular weight excluding hydrogens is 384 g/mol. The number of ether oxygens (including phenoxy) is 1. The molecule has 9 heteroatoms. The van der Waals surface area contributed by atoms with Crippen molar-refractivity contribution in [2.24, 2.45) is 0 Å². The zero-order valence-corrected chi connectivity index (χ0v) is 15.7. The van der Waals surface area contributed by atoms with E-state index < -0.39 is 36.5 Å². The summed E-state index contributed by atoms with van der Waals surface area (Å²) < 4.78 is 28.9. The van der Waals surface area contributed by atoms with E-state index in [9.17, 15) is 23.2 Å². The van der Waals surface area contributed by atoms with E-state index in [4.69, 9.17) is 0 Å². The van der Waals surface area contributed by atoms with Gasteiger partial charge in [-0.2, -0.15) is 8.78 Å². The third-order valence-corrected chi connectivity index (χ3v) is 4.54. The summed E-state index contributed by atoms with van der Waals surface area (Å²) in [4.78, 5) is 38.3. The van der Waals surface area contributed by atoms with E-state index in [0.29, 0.717) is 11.3 Å². The SMILES string of the molecule is Cc1cccc(NC(=O)CN2C(=O)N[C@@](C)(c3ccc(OC(F)F)cc3)C2=O)c1. The van der Waals surface area contributed by atoms with Crippen molar-refractivity contribution in [3.8, 4) is 5.75 Å². The Morgan fingerprint density at radius 3 is 2.52 bits per heavy atom. The molecule has 2 N–H and O–H groups in total. The number of hydrogen-bond acceptors (Lipinski definition) is 4. The molecule has 3 rings (SSSR count).